The topological polar surface area (TPSA) is 78.3 Å². The molecule has 2 aromatic heterocycles. The lowest BCUT2D eigenvalue weighted by Gasteiger charge is -2.25. The van der Waals surface area contributed by atoms with Crippen LogP contribution in [-0.2, 0) is 4.79 Å². The normalized spacial score (nSPS) is 15.4. The van der Waals surface area contributed by atoms with Gasteiger partial charge < -0.3 is 14.8 Å². The second-order valence-electron chi connectivity index (χ2n) is 6.54. The highest BCUT2D eigenvalue weighted by Gasteiger charge is 2.28. The van der Waals surface area contributed by atoms with Gasteiger partial charge in [-0.25, -0.2) is 9.37 Å². The minimum absolute atomic E-state index is 0.108. The number of amides is 1. The molecule has 9 heteroatoms. The first-order valence-electron chi connectivity index (χ1n) is 8.89. The molecule has 0 fully saturated rings. The molecular formula is C20H15FN4O3S. The van der Waals surface area contributed by atoms with Gasteiger partial charge in [0, 0.05) is 6.07 Å². The highest BCUT2D eigenvalue weighted by molar-refractivity contribution is 7.20. The lowest BCUT2D eigenvalue weighted by atomic mass is 10.2. The molecule has 0 spiro atoms. The maximum absolute atomic E-state index is 13.5. The first kappa shape index (κ1) is 17.6. The Balaban J connectivity index is 1.41. The third-order valence-corrected chi connectivity index (χ3v) is 5.40. The number of carbonyl (C=O) groups excluding carboxylic acids is 1. The Hall–Kier alpha value is -3.46. The lowest BCUT2D eigenvalue weighted by Crippen LogP contribution is -2.40. The molecule has 1 amide bonds. The number of hydrogen-bond donors (Lipinski definition) is 1. The quantitative estimate of drug-likeness (QED) is 0.557. The molecule has 3 heterocycles. The molecule has 0 saturated heterocycles. The number of hydrogen-bond acceptors (Lipinski definition) is 6. The fourth-order valence-electron chi connectivity index (χ4n) is 3.07. The van der Waals surface area contributed by atoms with Crippen molar-refractivity contribution in [1.29, 1.82) is 0 Å². The van der Waals surface area contributed by atoms with Crippen LogP contribution in [0.5, 0.6) is 11.5 Å². The van der Waals surface area contributed by atoms with Crippen LogP contribution in [0.1, 0.15) is 5.69 Å². The molecule has 146 valence electrons. The van der Waals surface area contributed by atoms with E-state index in [0.717, 1.165) is 0 Å². The van der Waals surface area contributed by atoms with Crippen LogP contribution < -0.4 is 14.8 Å². The zero-order valence-electron chi connectivity index (χ0n) is 15.3. The summed E-state index contributed by atoms with van der Waals surface area (Å²) in [5, 5.41) is 7.78. The number of benzene rings is 2. The molecule has 4 aromatic rings. The van der Waals surface area contributed by atoms with Gasteiger partial charge in [0.15, 0.2) is 11.5 Å². The van der Waals surface area contributed by atoms with Crippen LogP contribution in [0.25, 0.3) is 15.3 Å². The highest BCUT2D eigenvalue weighted by Crippen LogP contribution is 2.32. The summed E-state index contributed by atoms with van der Waals surface area (Å²) >= 11 is 1.29. The first-order valence-corrected chi connectivity index (χ1v) is 9.71. The van der Waals surface area contributed by atoms with Gasteiger partial charge in [0.1, 0.15) is 18.2 Å². The number of fused-ring (bicyclic) bond motifs is 2. The highest BCUT2D eigenvalue weighted by atomic mass is 32.1. The number of para-hydroxylation sites is 2. The predicted octanol–water partition coefficient (Wildman–Crippen LogP) is 3.71. The summed E-state index contributed by atoms with van der Waals surface area (Å²) < 4.78 is 27.1. The number of aryl methyl sites for hydroxylation is 1. The minimum atomic E-state index is -0.794. The number of anilines is 1. The number of ether oxygens (including phenoxy) is 2. The van der Waals surface area contributed by atoms with Gasteiger partial charge in [-0.15, -0.1) is 0 Å². The van der Waals surface area contributed by atoms with Gasteiger partial charge >= 0.3 is 0 Å². The van der Waals surface area contributed by atoms with E-state index in [1.54, 1.807) is 24.3 Å². The Bertz CT molecular complexity index is 1240. The summed E-state index contributed by atoms with van der Waals surface area (Å²) in [5.41, 5.74) is 1.37. The number of rotatable bonds is 3. The molecule has 0 bridgehead atoms. The Morgan fingerprint density at radius 3 is 2.93 bits per heavy atom. The predicted molar refractivity (Wildman–Crippen MR) is 106 cm³/mol. The summed E-state index contributed by atoms with van der Waals surface area (Å²) in [6.45, 7) is 1.92. The molecule has 0 radical (unpaired) electrons. The molecule has 5 rings (SSSR count). The van der Waals surface area contributed by atoms with Gasteiger partial charge in [0.05, 0.1) is 15.9 Å². The maximum Gasteiger partial charge on any atom is 0.270 e. The average Bonchev–Trinajstić information content (AvgIpc) is 3.30. The van der Waals surface area contributed by atoms with Gasteiger partial charge in [-0.2, -0.15) is 9.78 Å². The number of nitrogens with one attached hydrogen (secondary N) is 1. The van der Waals surface area contributed by atoms with Crippen molar-refractivity contribution < 1.29 is 18.7 Å². The van der Waals surface area contributed by atoms with E-state index in [4.69, 9.17) is 9.47 Å². The average molecular weight is 410 g/mol. The maximum atomic E-state index is 13.5. The first-order chi connectivity index (χ1) is 14.1. The molecule has 7 nitrogen and oxygen atoms in total. The largest absolute Gasteiger partial charge is 0.485 e. The molecule has 2 aromatic carbocycles. The second-order valence-corrected chi connectivity index (χ2v) is 7.55. The van der Waals surface area contributed by atoms with Gasteiger partial charge in [-0.05, 0) is 37.3 Å². The number of aromatic nitrogens is 3. The molecule has 0 saturated carbocycles. The molecule has 1 N–H and O–H groups in total. The summed E-state index contributed by atoms with van der Waals surface area (Å²) in [4.78, 5) is 17.3. The van der Waals surface area contributed by atoms with Gasteiger partial charge in [0.2, 0.25) is 11.2 Å². The third kappa shape index (κ3) is 3.29. The van der Waals surface area contributed by atoms with E-state index in [1.807, 2.05) is 19.1 Å². The molecular weight excluding hydrogens is 395 g/mol. The Labute approximate surface area is 168 Å². The van der Waals surface area contributed by atoms with Crippen molar-refractivity contribution in [2.24, 2.45) is 0 Å². The van der Waals surface area contributed by atoms with Crippen LogP contribution in [0.2, 0.25) is 0 Å². The Morgan fingerprint density at radius 1 is 1.24 bits per heavy atom. The number of halogens is 1. The van der Waals surface area contributed by atoms with Crippen LogP contribution >= 0.6 is 11.3 Å². The number of nitrogens with zero attached hydrogens (tertiary/aromatic N) is 3. The Morgan fingerprint density at radius 2 is 2.07 bits per heavy atom. The van der Waals surface area contributed by atoms with E-state index in [9.17, 15) is 9.18 Å². The van der Waals surface area contributed by atoms with Crippen molar-refractivity contribution in [3.05, 3.63) is 60.0 Å². The van der Waals surface area contributed by atoms with Crippen molar-refractivity contribution in [2.45, 2.75) is 13.0 Å². The van der Waals surface area contributed by atoms with Crippen molar-refractivity contribution in [2.75, 3.05) is 11.9 Å². The van der Waals surface area contributed by atoms with Gasteiger partial charge in [-0.1, -0.05) is 23.5 Å². The van der Waals surface area contributed by atoms with Crippen LogP contribution in [0.4, 0.5) is 10.2 Å². The molecule has 0 aliphatic carbocycles. The second kappa shape index (κ2) is 6.85. The fraction of sp³-hybridized carbons (Fsp3) is 0.150. The van der Waals surface area contributed by atoms with Crippen molar-refractivity contribution in [1.82, 2.24) is 14.8 Å². The van der Waals surface area contributed by atoms with Crippen LogP contribution in [0.3, 0.4) is 0 Å². The SMILES string of the molecule is Cc1cc(NC(=O)[C@H]2COc3ccccc3O2)n(-c2nc3ccc(F)cc3s2)n1. The van der Waals surface area contributed by atoms with E-state index in [1.165, 1.54) is 28.2 Å². The molecule has 1 aliphatic heterocycles. The number of thiazole rings is 1. The van der Waals surface area contributed by atoms with E-state index < -0.39 is 6.10 Å². The van der Waals surface area contributed by atoms with Gasteiger partial charge in [-0.3, -0.25) is 4.79 Å². The van der Waals surface area contributed by atoms with Crippen LogP contribution in [0.15, 0.2) is 48.5 Å². The smallest absolute Gasteiger partial charge is 0.270 e. The molecule has 1 atom stereocenters. The summed E-state index contributed by atoms with van der Waals surface area (Å²) in [7, 11) is 0. The van der Waals surface area contributed by atoms with E-state index in [2.05, 4.69) is 15.4 Å². The summed E-state index contributed by atoms with van der Waals surface area (Å²) in [6.07, 6.45) is -0.794. The van der Waals surface area contributed by atoms with Crippen molar-refractivity contribution in [3.8, 4) is 16.6 Å². The van der Waals surface area contributed by atoms with E-state index >= 15 is 0 Å². The van der Waals surface area contributed by atoms with Crippen molar-refractivity contribution in [3.63, 3.8) is 0 Å². The third-order valence-electron chi connectivity index (χ3n) is 4.40. The monoisotopic (exact) mass is 410 g/mol. The minimum Gasteiger partial charge on any atom is -0.485 e. The fourth-order valence-corrected chi connectivity index (χ4v) is 4.02. The van der Waals surface area contributed by atoms with Gasteiger partial charge in [0.25, 0.3) is 5.91 Å². The zero-order valence-corrected chi connectivity index (χ0v) is 16.1. The number of carbonyl (C=O) groups is 1. The van der Waals surface area contributed by atoms with Crippen molar-refractivity contribution >= 4 is 33.3 Å². The molecule has 29 heavy (non-hydrogen) atoms. The summed E-state index contributed by atoms with van der Waals surface area (Å²) in [5.74, 6) is 0.908. The standard InChI is InChI=1S/C20H15FN4O3S/c1-11-8-18(23-19(26)16-10-27-14-4-2-3-5-15(14)28-16)25(24-11)20-22-13-7-6-12(21)9-17(13)29-20/h2-9,16H,10H2,1H3,(H,23,26)/t16-/m1/s1. The van der Waals surface area contributed by atoms with Crippen LogP contribution in [0, 0.1) is 12.7 Å². The molecule has 0 unspecified atom stereocenters. The van der Waals surface area contributed by atoms with E-state index in [-0.39, 0.29) is 18.3 Å². The van der Waals surface area contributed by atoms with E-state index in [0.29, 0.717) is 38.4 Å². The Kier molecular flexibility index (Phi) is 4.17. The lowest BCUT2D eigenvalue weighted by molar-refractivity contribution is -0.125. The van der Waals surface area contributed by atoms with Crippen LogP contribution in [-0.4, -0.2) is 33.4 Å². The molecule has 1 aliphatic rings. The zero-order chi connectivity index (χ0) is 20.0. The summed E-state index contributed by atoms with van der Waals surface area (Å²) in [6, 6.07) is 13.3.